The molecular weight excluding hydrogens is 352 g/mol. The van der Waals surface area contributed by atoms with Gasteiger partial charge in [0, 0.05) is 30.6 Å². The van der Waals surface area contributed by atoms with Gasteiger partial charge in [-0.2, -0.15) is 0 Å². The van der Waals surface area contributed by atoms with Crippen LogP contribution in [-0.2, 0) is 0 Å². The lowest BCUT2D eigenvalue weighted by molar-refractivity contribution is 0.0788. The minimum atomic E-state index is -0.0631. The molecule has 0 unspecified atom stereocenters. The lowest BCUT2D eigenvalue weighted by atomic mass is 9.95. The Labute approximate surface area is 160 Å². The second-order valence-electron chi connectivity index (χ2n) is 6.41. The van der Waals surface area contributed by atoms with Crippen molar-refractivity contribution in [2.24, 2.45) is 5.73 Å². The third-order valence-corrected chi connectivity index (χ3v) is 4.84. The molecule has 0 aromatic heterocycles. The van der Waals surface area contributed by atoms with Gasteiger partial charge in [0.05, 0.1) is 14.2 Å². The Hall–Kier alpha value is -2.24. The molecule has 1 amide bonds. The van der Waals surface area contributed by atoms with E-state index in [-0.39, 0.29) is 30.3 Å². The number of amides is 1. The molecule has 1 fully saturated rings. The monoisotopic (exact) mass is 376 g/mol. The average molecular weight is 377 g/mol. The van der Waals surface area contributed by atoms with Crippen LogP contribution in [0.5, 0.6) is 11.5 Å². The zero-order valence-electron chi connectivity index (χ0n) is 15.3. The molecule has 26 heavy (non-hydrogen) atoms. The summed E-state index contributed by atoms with van der Waals surface area (Å²) in [5.74, 6) is 1.31. The maximum Gasteiger partial charge on any atom is 0.254 e. The van der Waals surface area contributed by atoms with Crippen molar-refractivity contribution in [2.75, 3.05) is 27.3 Å². The van der Waals surface area contributed by atoms with Crippen molar-refractivity contribution >= 4 is 18.3 Å². The Kier molecular flexibility index (Phi) is 6.51. The van der Waals surface area contributed by atoms with Gasteiger partial charge in [-0.3, -0.25) is 4.79 Å². The molecule has 2 aromatic rings. The molecule has 1 saturated heterocycles. The molecule has 2 atom stereocenters. The van der Waals surface area contributed by atoms with Gasteiger partial charge >= 0.3 is 0 Å². The van der Waals surface area contributed by atoms with Crippen molar-refractivity contribution in [3.63, 3.8) is 0 Å². The van der Waals surface area contributed by atoms with Crippen molar-refractivity contribution in [3.8, 4) is 11.5 Å². The molecule has 0 aliphatic carbocycles. The first-order chi connectivity index (χ1) is 12.0. The highest BCUT2D eigenvalue weighted by molar-refractivity contribution is 5.96. The summed E-state index contributed by atoms with van der Waals surface area (Å²) in [6.45, 7) is 3.07. The maximum absolute atomic E-state index is 13.0. The summed E-state index contributed by atoms with van der Waals surface area (Å²) in [5.41, 5.74) is 8.98. The van der Waals surface area contributed by atoms with Gasteiger partial charge in [-0.1, -0.05) is 30.3 Å². The number of aryl methyl sites for hydroxylation is 1. The van der Waals surface area contributed by atoms with Crippen molar-refractivity contribution in [1.29, 1.82) is 0 Å². The first-order valence-corrected chi connectivity index (χ1v) is 8.37. The Morgan fingerprint density at radius 3 is 2.31 bits per heavy atom. The van der Waals surface area contributed by atoms with Crippen molar-refractivity contribution < 1.29 is 14.3 Å². The summed E-state index contributed by atoms with van der Waals surface area (Å²) in [6.07, 6.45) is 0. The summed E-state index contributed by atoms with van der Waals surface area (Å²) in [4.78, 5) is 14.9. The van der Waals surface area contributed by atoms with Crippen LogP contribution in [0.25, 0.3) is 0 Å². The molecule has 1 aliphatic heterocycles. The van der Waals surface area contributed by atoms with E-state index in [1.54, 1.807) is 20.3 Å². The number of carbonyl (C=O) groups excluding carboxylic acids is 1. The van der Waals surface area contributed by atoms with Crippen LogP contribution < -0.4 is 15.2 Å². The summed E-state index contributed by atoms with van der Waals surface area (Å²) in [7, 11) is 3.15. The molecule has 3 rings (SSSR count). The number of likely N-dealkylation sites (tertiary alicyclic amines) is 1. The van der Waals surface area contributed by atoms with Crippen LogP contribution in [0.4, 0.5) is 0 Å². The number of carbonyl (C=O) groups is 1. The number of hydrogen-bond donors (Lipinski definition) is 1. The number of halogens is 1. The van der Waals surface area contributed by atoms with Crippen LogP contribution in [0.2, 0.25) is 0 Å². The fourth-order valence-corrected chi connectivity index (χ4v) is 3.43. The van der Waals surface area contributed by atoms with Gasteiger partial charge in [0.1, 0.15) is 0 Å². The van der Waals surface area contributed by atoms with Crippen LogP contribution in [0, 0.1) is 6.92 Å². The maximum atomic E-state index is 13.0. The van der Waals surface area contributed by atoms with Crippen LogP contribution in [0.3, 0.4) is 0 Å². The number of rotatable bonds is 4. The minimum Gasteiger partial charge on any atom is -0.493 e. The van der Waals surface area contributed by atoms with E-state index in [0.717, 1.165) is 5.56 Å². The Bertz CT molecular complexity index is 767. The number of benzene rings is 2. The lowest BCUT2D eigenvalue weighted by Crippen LogP contribution is -2.32. The second kappa shape index (κ2) is 8.43. The summed E-state index contributed by atoms with van der Waals surface area (Å²) >= 11 is 0. The standard InChI is InChI=1S/C20H24N2O3.ClH/c1-13-9-18(24-2)19(25-3)10-15(13)20(23)22-11-16(17(21)12-22)14-7-5-4-6-8-14;/h4-10,16-17H,11-12,21H2,1-3H3;1H/t16-,17+;/m0./s1. The van der Waals surface area contributed by atoms with E-state index in [2.05, 4.69) is 12.1 Å². The van der Waals surface area contributed by atoms with E-state index in [0.29, 0.717) is 30.2 Å². The smallest absolute Gasteiger partial charge is 0.254 e. The van der Waals surface area contributed by atoms with Crippen LogP contribution in [0.1, 0.15) is 27.4 Å². The van der Waals surface area contributed by atoms with Crippen LogP contribution in [-0.4, -0.2) is 44.2 Å². The highest BCUT2D eigenvalue weighted by Crippen LogP contribution is 2.33. The molecule has 140 valence electrons. The number of nitrogens with zero attached hydrogens (tertiary/aromatic N) is 1. The molecule has 0 bridgehead atoms. The normalized spacial score (nSPS) is 19.0. The third-order valence-electron chi connectivity index (χ3n) is 4.84. The van der Waals surface area contributed by atoms with Crippen molar-refractivity contribution in [1.82, 2.24) is 4.90 Å². The predicted octanol–water partition coefficient (Wildman–Crippen LogP) is 3.00. The highest BCUT2D eigenvalue weighted by atomic mass is 35.5. The SMILES string of the molecule is COc1cc(C)c(C(=O)N2C[C@@H](N)[C@H](c3ccccc3)C2)cc1OC.Cl. The molecule has 1 heterocycles. The number of hydrogen-bond acceptors (Lipinski definition) is 4. The molecule has 5 nitrogen and oxygen atoms in total. The topological polar surface area (TPSA) is 64.8 Å². The molecular formula is C20H25ClN2O3. The van der Waals surface area contributed by atoms with Gasteiger partial charge in [0.15, 0.2) is 11.5 Å². The average Bonchev–Trinajstić information content (AvgIpc) is 3.03. The van der Waals surface area contributed by atoms with E-state index < -0.39 is 0 Å². The zero-order chi connectivity index (χ0) is 18.0. The van der Waals surface area contributed by atoms with Crippen molar-refractivity contribution in [2.45, 2.75) is 18.9 Å². The third kappa shape index (κ3) is 3.79. The summed E-state index contributed by atoms with van der Waals surface area (Å²) < 4.78 is 10.6. The van der Waals surface area contributed by atoms with Gasteiger partial charge in [-0.05, 0) is 30.2 Å². The van der Waals surface area contributed by atoms with Gasteiger partial charge in [0.2, 0.25) is 0 Å². The molecule has 0 radical (unpaired) electrons. The number of methoxy groups -OCH3 is 2. The summed E-state index contributed by atoms with van der Waals surface area (Å²) in [5, 5.41) is 0. The number of nitrogens with two attached hydrogens (primary N) is 1. The van der Waals surface area contributed by atoms with E-state index >= 15 is 0 Å². The Balaban J connectivity index is 0.00000243. The minimum absolute atomic E-state index is 0. The van der Waals surface area contributed by atoms with E-state index in [9.17, 15) is 4.79 Å². The molecule has 0 spiro atoms. The molecule has 1 aliphatic rings. The fraction of sp³-hybridized carbons (Fsp3) is 0.350. The zero-order valence-corrected chi connectivity index (χ0v) is 16.1. The number of ether oxygens (including phenoxy) is 2. The first kappa shape index (κ1) is 20.1. The van der Waals surface area contributed by atoms with Gasteiger partial charge in [0.25, 0.3) is 5.91 Å². The molecule has 6 heteroatoms. The van der Waals surface area contributed by atoms with E-state index in [4.69, 9.17) is 15.2 Å². The molecule has 2 N–H and O–H groups in total. The van der Waals surface area contributed by atoms with E-state index in [1.165, 1.54) is 5.56 Å². The Morgan fingerprint density at radius 1 is 1.08 bits per heavy atom. The highest BCUT2D eigenvalue weighted by Gasteiger charge is 2.34. The quantitative estimate of drug-likeness (QED) is 0.890. The van der Waals surface area contributed by atoms with Gasteiger partial charge in [-0.25, -0.2) is 0 Å². The Morgan fingerprint density at radius 2 is 1.69 bits per heavy atom. The largest absolute Gasteiger partial charge is 0.493 e. The van der Waals surface area contributed by atoms with E-state index in [1.807, 2.05) is 36.1 Å². The van der Waals surface area contributed by atoms with Crippen molar-refractivity contribution in [3.05, 3.63) is 59.2 Å². The van der Waals surface area contributed by atoms with Crippen LogP contribution in [0.15, 0.2) is 42.5 Å². The van der Waals surface area contributed by atoms with Crippen LogP contribution >= 0.6 is 12.4 Å². The predicted molar refractivity (Wildman–Crippen MR) is 105 cm³/mol. The van der Waals surface area contributed by atoms with Gasteiger partial charge < -0.3 is 20.1 Å². The van der Waals surface area contributed by atoms with Gasteiger partial charge in [-0.15, -0.1) is 12.4 Å². The molecule has 0 saturated carbocycles. The molecule has 2 aromatic carbocycles. The fourth-order valence-electron chi connectivity index (χ4n) is 3.43. The lowest BCUT2D eigenvalue weighted by Gasteiger charge is -2.19. The second-order valence-corrected chi connectivity index (χ2v) is 6.41. The first-order valence-electron chi connectivity index (χ1n) is 8.37. The summed E-state index contributed by atoms with van der Waals surface area (Å²) in [6, 6.07) is 13.7.